The molecule has 0 radical (unpaired) electrons. The van der Waals surface area contributed by atoms with Crippen LogP contribution >= 0.6 is 0 Å². The zero-order chi connectivity index (χ0) is 13.1. The standard InChI is InChI=1S/C12H22N4O2/c1-15(5-9-2-11(17)3-9)7-12(18)8-16-6-10(13)4-14-16/h4,6,9,11-12,17-18H,2-3,5,7-8,13H2,1H3. The predicted molar refractivity (Wildman–Crippen MR) is 68.9 cm³/mol. The highest BCUT2D eigenvalue weighted by Gasteiger charge is 2.28. The van der Waals surface area contributed by atoms with E-state index in [9.17, 15) is 10.2 Å². The Morgan fingerprint density at radius 1 is 1.61 bits per heavy atom. The zero-order valence-corrected chi connectivity index (χ0v) is 10.7. The van der Waals surface area contributed by atoms with Crippen LogP contribution in [0.3, 0.4) is 0 Å². The largest absolute Gasteiger partial charge is 0.396 e. The van der Waals surface area contributed by atoms with Gasteiger partial charge in [0, 0.05) is 19.3 Å². The van der Waals surface area contributed by atoms with Crippen molar-refractivity contribution in [2.24, 2.45) is 5.92 Å². The fourth-order valence-corrected chi connectivity index (χ4v) is 2.48. The summed E-state index contributed by atoms with van der Waals surface area (Å²) in [6, 6.07) is 0. The number of nitrogens with two attached hydrogens (primary N) is 1. The van der Waals surface area contributed by atoms with Crippen molar-refractivity contribution in [2.45, 2.75) is 31.6 Å². The van der Waals surface area contributed by atoms with Gasteiger partial charge in [0.15, 0.2) is 0 Å². The van der Waals surface area contributed by atoms with Gasteiger partial charge in [-0.2, -0.15) is 5.10 Å². The molecule has 0 aliphatic heterocycles. The molecule has 1 aromatic rings. The molecule has 0 bridgehead atoms. The maximum absolute atomic E-state index is 9.95. The summed E-state index contributed by atoms with van der Waals surface area (Å²) in [5.74, 6) is 0.567. The summed E-state index contributed by atoms with van der Waals surface area (Å²) in [6.45, 7) is 1.98. The van der Waals surface area contributed by atoms with Crippen molar-refractivity contribution in [3.63, 3.8) is 0 Å². The molecule has 6 heteroatoms. The molecule has 1 aliphatic rings. The van der Waals surface area contributed by atoms with Crippen LogP contribution in [0.25, 0.3) is 0 Å². The highest BCUT2D eigenvalue weighted by Crippen LogP contribution is 2.27. The van der Waals surface area contributed by atoms with Crippen LogP contribution in [-0.2, 0) is 6.54 Å². The van der Waals surface area contributed by atoms with Gasteiger partial charge in [0.05, 0.1) is 30.6 Å². The molecule has 0 aromatic carbocycles. The lowest BCUT2D eigenvalue weighted by molar-refractivity contribution is 0.0195. The van der Waals surface area contributed by atoms with E-state index in [1.807, 2.05) is 7.05 Å². The first kappa shape index (κ1) is 13.3. The third-order valence-electron chi connectivity index (χ3n) is 3.35. The number of aliphatic hydroxyl groups excluding tert-OH is 2. The van der Waals surface area contributed by atoms with Crippen LogP contribution in [0.15, 0.2) is 12.4 Å². The molecule has 1 aliphatic carbocycles. The minimum Gasteiger partial charge on any atom is -0.396 e. The number of aliphatic hydroxyl groups is 2. The second-order valence-electron chi connectivity index (χ2n) is 5.36. The smallest absolute Gasteiger partial charge is 0.0862 e. The van der Waals surface area contributed by atoms with E-state index in [-0.39, 0.29) is 6.10 Å². The lowest BCUT2D eigenvalue weighted by atomic mass is 9.82. The second-order valence-corrected chi connectivity index (χ2v) is 5.36. The summed E-state index contributed by atoms with van der Waals surface area (Å²) in [6.07, 6.45) is 4.49. The van der Waals surface area contributed by atoms with Crippen molar-refractivity contribution < 1.29 is 10.2 Å². The predicted octanol–water partition coefficient (Wildman–Crippen LogP) is -0.471. The first-order chi connectivity index (χ1) is 8.52. The van der Waals surface area contributed by atoms with E-state index < -0.39 is 6.10 Å². The van der Waals surface area contributed by atoms with E-state index in [0.717, 1.165) is 19.4 Å². The second kappa shape index (κ2) is 5.69. The van der Waals surface area contributed by atoms with E-state index in [0.29, 0.717) is 24.7 Å². The molecule has 0 spiro atoms. The van der Waals surface area contributed by atoms with Gasteiger partial charge in [0.1, 0.15) is 0 Å². The summed E-state index contributed by atoms with van der Waals surface area (Å²) in [5, 5.41) is 23.2. The van der Waals surface area contributed by atoms with E-state index in [1.165, 1.54) is 0 Å². The molecule has 2 rings (SSSR count). The van der Waals surface area contributed by atoms with Crippen LogP contribution in [0.1, 0.15) is 12.8 Å². The highest BCUT2D eigenvalue weighted by molar-refractivity contribution is 5.30. The SMILES string of the molecule is CN(CC(O)Cn1cc(N)cn1)CC1CC(O)C1. The molecule has 6 nitrogen and oxygen atoms in total. The number of hydrogen-bond acceptors (Lipinski definition) is 5. The highest BCUT2D eigenvalue weighted by atomic mass is 16.3. The first-order valence-electron chi connectivity index (χ1n) is 6.35. The van der Waals surface area contributed by atoms with Gasteiger partial charge in [-0.15, -0.1) is 0 Å². The average Bonchev–Trinajstić information content (AvgIpc) is 2.61. The van der Waals surface area contributed by atoms with Crippen LogP contribution in [0.2, 0.25) is 0 Å². The van der Waals surface area contributed by atoms with E-state index >= 15 is 0 Å². The number of likely N-dealkylation sites (N-methyl/N-ethyl adjacent to an activating group) is 1. The maximum Gasteiger partial charge on any atom is 0.0862 e. The summed E-state index contributed by atoms with van der Waals surface area (Å²) < 4.78 is 1.65. The van der Waals surface area contributed by atoms with Gasteiger partial charge in [-0.1, -0.05) is 0 Å². The lowest BCUT2D eigenvalue weighted by Gasteiger charge is -2.35. The molecule has 1 fully saturated rings. The van der Waals surface area contributed by atoms with Gasteiger partial charge in [0.25, 0.3) is 0 Å². The molecule has 1 saturated carbocycles. The average molecular weight is 254 g/mol. The molecule has 4 N–H and O–H groups in total. The third kappa shape index (κ3) is 3.69. The normalized spacial score (nSPS) is 25.1. The number of hydrogen-bond donors (Lipinski definition) is 3. The molecule has 1 unspecified atom stereocenters. The third-order valence-corrected chi connectivity index (χ3v) is 3.35. The Morgan fingerprint density at radius 2 is 2.33 bits per heavy atom. The lowest BCUT2D eigenvalue weighted by Crippen LogP contribution is -2.40. The Balaban J connectivity index is 1.68. The maximum atomic E-state index is 9.95. The molecule has 0 amide bonds. The zero-order valence-electron chi connectivity index (χ0n) is 10.7. The van der Waals surface area contributed by atoms with Crippen molar-refractivity contribution in [1.29, 1.82) is 0 Å². The van der Waals surface area contributed by atoms with Crippen LogP contribution in [-0.4, -0.2) is 57.2 Å². The molecule has 1 atom stereocenters. The van der Waals surface area contributed by atoms with Crippen LogP contribution in [0.4, 0.5) is 5.69 Å². The summed E-state index contributed by atoms with van der Waals surface area (Å²) >= 11 is 0. The minimum absolute atomic E-state index is 0.111. The Labute approximate surface area is 107 Å². The van der Waals surface area contributed by atoms with Crippen molar-refractivity contribution >= 4 is 5.69 Å². The number of anilines is 1. The Hall–Kier alpha value is -1.11. The Bertz CT molecular complexity index is 376. The molecule has 0 saturated heterocycles. The van der Waals surface area contributed by atoms with Gasteiger partial charge >= 0.3 is 0 Å². The minimum atomic E-state index is -0.459. The van der Waals surface area contributed by atoms with Crippen molar-refractivity contribution in [3.05, 3.63) is 12.4 Å². The van der Waals surface area contributed by atoms with E-state index in [4.69, 9.17) is 5.73 Å². The molecule has 18 heavy (non-hydrogen) atoms. The molecule has 1 aromatic heterocycles. The number of nitrogens with zero attached hydrogens (tertiary/aromatic N) is 3. The van der Waals surface area contributed by atoms with Gasteiger partial charge in [-0.05, 0) is 25.8 Å². The number of rotatable bonds is 6. The fraction of sp³-hybridized carbons (Fsp3) is 0.750. The van der Waals surface area contributed by atoms with Crippen LogP contribution in [0, 0.1) is 5.92 Å². The van der Waals surface area contributed by atoms with Gasteiger partial charge in [-0.25, -0.2) is 0 Å². The summed E-state index contributed by atoms with van der Waals surface area (Å²) in [5.41, 5.74) is 6.17. The van der Waals surface area contributed by atoms with E-state index in [2.05, 4.69) is 10.00 Å². The molecule has 1 heterocycles. The first-order valence-corrected chi connectivity index (χ1v) is 6.35. The van der Waals surface area contributed by atoms with Crippen molar-refractivity contribution in [2.75, 3.05) is 25.9 Å². The monoisotopic (exact) mass is 254 g/mol. The van der Waals surface area contributed by atoms with Crippen molar-refractivity contribution in [3.8, 4) is 0 Å². The molecular formula is C12H22N4O2. The van der Waals surface area contributed by atoms with Gasteiger partial charge < -0.3 is 20.8 Å². The van der Waals surface area contributed by atoms with E-state index in [1.54, 1.807) is 17.1 Å². The Kier molecular flexibility index (Phi) is 4.21. The topological polar surface area (TPSA) is 87.5 Å². The number of nitrogen functional groups attached to an aromatic ring is 1. The molecule has 102 valence electrons. The summed E-state index contributed by atoms with van der Waals surface area (Å²) in [4.78, 5) is 2.11. The van der Waals surface area contributed by atoms with Gasteiger partial charge in [-0.3, -0.25) is 4.68 Å². The van der Waals surface area contributed by atoms with Crippen LogP contribution < -0.4 is 5.73 Å². The number of aromatic nitrogens is 2. The molecular weight excluding hydrogens is 232 g/mol. The van der Waals surface area contributed by atoms with Gasteiger partial charge in [0.2, 0.25) is 0 Å². The quantitative estimate of drug-likeness (QED) is 0.639. The van der Waals surface area contributed by atoms with Crippen molar-refractivity contribution in [1.82, 2.24) is 14.7 Å². The Morgan fingerprint density at radius 3 is 2.89 bits per heavy atom. The fourth-order valence-electron chi connectivity index (χ4n) is 2.48. The summed E-state index contributed by atoms with van der Waals surface area (Å²) in [7, 11) is 1.99. The van der Waals surface area contributed by atoms with Crippen LogP contribution in [0.5, 0.6) is 0 Å².